The van der Waals surface area contributed by atoms with E-state index in [0.29, 0.717) is 15.7 Å². The van der Waals surface area contributed by atoms with Crippen molar-refractivity contribution in [1.29, 1.82) is 0 Å². The van der Waals surface area contributed by atoms with Crippen molar-refractivity contribution in [2.24, 2.45) is 0 Å². The lowest BCUT2D eigenvalue weighted by Gasteiger charge is -2.08. The maximum absolute atomic E-state index is 12.3. The molecule has 0 aliphatic carbocycles. The van der Waals surface area contributed by atoms with E-state index in [4.69, 9.17) is 4.42 Å². The minimum absolute atomic E-state index is 0.176. The van der Waals surface area contributed by atoms with Gasteiger partial charge in [0.25, 0.3) is 5.91 Å². The molecule has 0 bridgehead atoms. The van der Waals surface area contributed by atoms with Crippen molar-refractivity contribution in [2.75, 3.05) is 12.4 Å². The van der Waals surface area contributed by atoms with Crippen molar-refractivity contribution in [3.8, 4) is 0 Å². The van der Waals surface area contributed by atoms with Gasteiger partial charge in [0.2, 0.25) is 5.76 Å². The number of esters is 1. The maximum Gasteiger partial charge on any atom is 0.374 e. The van der Waals surface area contributed by atoms with Crippen molar-refractivity contribution in [3.05, 3.63) is 74.6 Å². The van der Waals surface area contributed by atoms with Crippen LogP contribution in [0.25, 0.3) is 11.0 Å². The topological polar surface area (TPSA) is 85.6 Å². The van der Waals surface area contributed by atoms with Gasteiger partial charge in [-0.3, -0.25) is 9.59 Å². The highest BCUT2D eigenvalue weighted by Gasteiger charge is 2.14. The molecule has 2 aromatic carbocycles. The minimum atomic E-state index is -0.731. The van der Waals surface area contributed by atoms with Crippen LogP contribution in [-0.2, 0) is 4.74 Å². The SMILES string of the molecule is COC(=O)c1cc(=O)c2cc(NC(=O)c3ccccc3Br)ccc2o1. The zero-order valence-electron chi connectivity index (χ0n) is 13.0. The van der Waals surface area contributed by atoms with Gasteiger partial charge in [0, 0.05) is 16.2 Å². The average Bonchev–Trinajstić information content (AvgIpc) is 2.61. The molecule has 0 fully saturated rings. The first-order valence-electron chi connectivity index (χ1n) is 7.21. The van der Waals surface area contributed by atoms with Gasteiger partial charge < -0.3 is 14.5 Å². The van der Waals surface area contributed by atoms with Crippen LogP contribution in [0.4, 0.5) is 5.69 Å². The fourth-order valence-corrected chi connectivity index (χ4v) is 2.74. The smallest absolute Gasteiger partial charge is 0.374 e. The monoisotopic (exact) mass is 401 g/mol. The summed E-state index contributed by atoms with van der Waals surface area (Å²) in [5.74, 6) is -1.22. The Hall–Kier alpha value is -2.93. The number of ether oxygens (including phenoxy) is 1. The van der Waals surface area contributed by atoms with Crippen molar-refractivity contribution in [1.82, 2.24) is 0 Å². The van der Waals surface area contributed by atoms with Crippen molar-refractivity contribution in [3.63, 3.8) is 0 Å². The lowest BCUT2D eigenvalue weighted by molar-refractivity contribution is 0.0565. The maximum atomic E-state index is 12.3. The molecular weight excluding hydrogens is 390 g/mol. The average molecular weight is 402 g/mol. The fourth-order valence-electron chi connectivity index (χ4n) is 2.28. The largest absolute Gasteiger partial charge is 0.463 e. The van der Waals surface area contributed by atoms with E-state index in [2.05, 4.69) is 26.0 Å². The van der Waals surface area contributed by atoms with E-state index >= 15 is 0 Å². The Morgan fingerprint density at radius 3 is 2.60 bits per heavy atom. The third kappa shape index (κ3) is 3.46. The summed E-state index contributed by atoms with van der Waals surface area (Å²) >= 11 is 3.32. The molecule has 0 spiro atoms. The van der Waals surface area contributed by atoms with Gasteiger partial charge in [0.1, 0.15) is 5.58 Å². The number of hydrogen-bond acceptors (Lipinski definition) is 5. The van der Waals surface area contributed by atoms with Crippen LogP contribution in [-0.4, -0.2) is 19.0 Å². The molecule has 1 amide bonds. The Bertz CT molecular complexity index is 1040. The number of hydrogen-bond donors (Lipinski definition) is 1. The van der Waals surface area contributed by atoms with Crippen LogP contribution < -0.4 is 10.7 Å². The summed E-state index contributed by atoms with van der Waals surface area (Å²) in [5.41, 5.74) is 0.729. The molecule has 0 aliphatic rings. The molecule has 3 rings (SSSR count). The molecule has 25 heavy (non-hydrogen) atoms. The van der Waals surface area contributed by atoms with E-state index < -0.39 is 11.4 Å². The lowest BCUT2D eigenvalue weighted by Crippen LogP contribution is -2.13. The Kier molecular flexibility index (Phi) is 4.67. The van der Waals surface area contributed by atoms with Crippen LogP contribution >= 0.6 is 15.9 Å². The van der Waals surface area contributed by atoms with E-state index in [9.17, 15) is 14.4 Å². The molecule has 0 unspecified atom stereocenters. The van der Waals surface area contributed by atoms with Gasteiger partial charge in [0.05, 0.1) is 18.1 Å². The summed E-state index contributed by atoms with van der Waals surface area (Å²) in [6, 6.07) is 12.7. The highest BCUT2D eigenvalue weighted by molar-refractivity contribution is 9.10. The Morgan fingerprint density at radius 2 is 1.88 bits per heavy atom. The van der Waals surface area contributed by atoms with E-state index in [-0.39, 0.29) is 22.6 Å². The third-order valence-electron chi connectivity index (χ3n) is 3.49. The van der Waals surface area contributed by atoms with Gasteiger partial charge in [0.15, 0.2) is 5.43 Å². The van der Waals surface area contributed by atoms with Crippen LogP contribution in [0, 0.1) is 0 Å². The summed E-state index contributed by atoms with van der Waals surface area (Å²) in [6.07, 6.45) is 0. The summed E-state index contributed by atoms with van der Waals surface area (Å²) in [5, 5.41) is 2.97. The standard InChI is InChI=1S/C18H12BrNO5/c1-24-18(23)16-9-14(21)12-8-10(6-7-15(12)25-16)20-17(22)11-4-2-3-5-13(11)19/h2-9H,1H3,(H,20,22). The first-order valence-corrected chi connectivity index (χ1v) is 8.01. The molecule has 0 radical (unpaired) electrons. The van der Waals surface area contributed by atoms with Crippen molar-refractivity contribution in [2.45, 2.75) is 0 Å². The second kappa shape index (κ2) is 6.90. The summed E-state index contributed by atoms with van der Waals surface area (Å²) < 4.78 is 10.6. The Labute approximate surface area is 150 Å². The summed E-state index contributed by atoms with van der Waals surface area (Å²) in [4.78, 5) is 36.0. The van der Waals surface area contributed by atoms with Crippen LogP contribution in [0.1, 0.15) is 20.9 Å². The molecule has 6 nitrogen and oxygen atoms in total. The van der Waals surface area contributed by atoms with Crippen molar-refractivity contribution >= 4 is 44.5 Å². The number of halogens is 1. The zero-order valence-corrected chi connectivity index (χ0v) is 14.6. The molecule has 0 saturated heterocycles. The highest BCUT2D eigenvalue weighted by atomic mass is 79.9. The number of amides is 1. The molecule has 3 aromatic rings. The van der Waals surface area contributed by atoms with Crippen LogP contribution in [0.15, 0.2) is 62.2 Å². The van der Waals surface area contributed by atoms with Crippen LogP contribution in [0.5, 0.6) is 0 Å². The molecular formula is C18H12BrNO5. The minimum Gasteiger partial charge on any atom is -0.463 e. The Morgan fingerprint density at radius 1 is 1.12 bits per heavy atom. The quantitative estimate of drug-likeness (QED) is 0.677. The molecule has 0 atom stereocenters. The van der Waals surface area contributed by atoms with E-state index in [0.717, 1.165) is 6.07 Å². The predicted molar refractivity (Wildman–Crippen MR) is 95.9 cm³/mol. The number of anilines is 1. The number of nitrogens with one attached hydrogen (secondary N) is 1. The van der Waals surface area contributed by atoms with Crippen LogP contribution in [0.2, 0.25) is 0 Å². The third-order valence-corrected chi connectivity index (χ3v) is 4.18. The molecule has 0 saturated carbocycles. The number of fused-ring (bicyclic) bond motifs is 1. The van der Waals surface area contributed by atoms with Gasteiger partial charge in [-0.1, -0.05) is 12.1 Å². The fraction of sp³-hybridized carbons (Fsp3) is 0.0556. The number of carbonyl (C=O) groups is 2. The number of benzene rings is 2. The first kappa shape index (κ1) is 16.9. The van der Waals surface area contributed by atoms with Crippen LogP contribution in [0.3, 0.4) is 0 Å². The molecule has 1 heterocycles. The number of rotatable bonds is 3. The van der Waals surface area contributed by atoms with Gasteiger partial charge in [-0.15, -0.1) is 0 Å². The molecule has 7 heteroatoms. The normalized spacial score (nSPS) is 10.5. The predicted octanol–water partition coefficient (Wildman–Crippen LogP) is 3.59. The first-order chi connectivity index (χ1) is 12.0. The molecule has 1 aromatic heterocycles. The number of carbonyl (C=O) groups excluding carboxylic acids is 2. The van der Waals surface area contributed by atoms with E-state index in [1.807, 2.05) is 0 Å². The second-order valence-corrected chi connectivity index (χ2v) is 5.97. The van der Waals surface area contributed by atoms with Gasteiger partial charge in [-0.2, -0.15) is 0 Å². The van der Waals surface area contributed by atoms with E-state index in [1.54, 1.807) is 30.3 Å². The molecule has 126 valence electrons. The highest BCUT2D eigenvalue weighted by Crippen LogP contribution is 2.21. The number of methoxy groups -OCH3 is 1. The second-order valence-electron chi connectivity index (χ2n) is 5.11. The van der Waals surface area contributed by atoms with Crippen molar-refractivity contribution < 1.29 is 18.7 Å². The van der Waals surface area contributed by atoms with Gasteiger partial charge in [-0.25, -0.2) is 4.79 Å². The lowest BCUT2D eigenvalue weighted by atomic mass is 10.1. The van der Waals surface area contributed by atoms with Gasteiger partial charge in [-0.05, 0) is 46.3 Å². The summed E-state index contributed by atoms with van der Waals surface area (Å²) in [7, 11) is 1.20. The van der Waals surface area contributed by atoms with E-state index in [1.165, 1.54) is 19.2 Å². The van der Waals surface area contributed by atoms with Gasteiger partial charge >= 0.3 is 5.97 Å². The zero-order chi connectivity index (χ0) is 18.0. The molecule has 1 N–H and O–H groups in total. The Balaban J connectivity index is 1.95. The molecule has 0 aliphatic heterocycles. The summed E-state index contributed by atoms with van der Waals surface area (Å²) in [6.45, 7) is 0.